The van der Waals surface area contributed by atoms with Crippen LogP contribution < -0.4 is 20.7 Å². The summed E-state index contributed by atoms with van der Waals surface area (Å²) in [5.74, 6) is 1.49. The molecular formula is C20H33IN4O2. The van der Waals surface area contributed by atoms with Crippen LogP contribution in [0.3, 0.4) is 0 Å². The van der Waals surface area contributed by atoms with Crippen molar-refractivity contribution in [1.82, 2.24) is 16.0 Å². The lowest BCUT2D eigenvalue weighted by atomic mass is 9.92. The summed E-state index contributed by atoms with van der Waals surface area (Å²) in [7, 11) is 0. The number of ether oxygens (including phenoxy) is 1. The summed E-state index contributed by atoms with van der Waals surface area (Å²) < 4.78 is 5.67. The van der Waals surface area contributed by atoms with E-state index < -0.39 is 5.41 Å². The number of amides is 1. The van der Waals surface area contributed by atoms with Crippen LogP contribution in [-0.4, -0.2) is 38.1 Å². The molecule has 27 heavy (non-hydrogen) atoms. The maximum absolute atomic E-state index is 12.1. The number of aliphatic imine (C=N–C) groups is 1. The second-order valence-corrected chi connectivity index (χ2v) is 6.50. The zero-order valence-corrected chi connectivity index (χ0v) is 19.1. The van der Waals surface area contributed by atoms with Gasteiger partial charge in [0.1, 0.15) is 12.4 Å². The summed E-state index contributed by atoms with van der Waals surface area (Å²) in [6.45, 7) is 14.2. The highest BCUT2D eigenvalue weighted by Gasteiger charge is 2.27. The zero-order valence-electron chi connectivity index (χ0n) is 16.8. The van der Waals surface area contributed by atoms with E-state index in [0.717, 1.165) is 17.9 Å². The Kier molecular flexibility index (Phi) is 12.5. The lowest BCUT2D eigenvalue weighted by molar-refractivity contribution is -0.128. The van der Waals surface area contributed by atoms with Gasteiger partial charge in [-0.3, -0.25) is 4.79 Å². The molecule has 0 saturated carbocycles. The minimum atomic E-state index is -0.531. The van der Waals surface area contributed by atoms with Crippen molar-refractivity contribution >= 4 is 35.8 Å². The van der Waals surface area contributed by atoms with E-state index in [0.29, 0.717) is 32.2 Å². The Morgan fingerprint density at radius 2 is 1.85 bits per heavy atom. The first-order chi connectivity index (χ1) is 12.4. The largest absolute Gasteiger partial charge is 0.489 e. The molecule has 0 bridgehead atoms. The van der Waals surface area contributed by atoms with E-state index in [4.69, 9.17) is 4.74 Å². The Labute approximate surface area is 180 Å². The Morgan fingerprint density at radius 1 is 1.19 bits per heavy atom. The third-order valence-electron chi connectivity index (χ3n) is 3.73. The van der Waals surface area contributed by atoms with Crippen LogP contribution in [0.15, 0.2) is 41.9 Å². The molecule has 6 nitrogen and oxygen atoms in total. The Bertz CT molecular complexity index is 618. The van der Waals surface area contributed by atoms with Crippen LogP contribution in [0.25, 0.3) is 0 Å². The highest BCUT2D eigenvalue weighted by atomic mass is 127. The molecule has 1 amide bonds. The van der Waals surface area contributed by atoms with Gasteiger partial charge < -0.3 is 20.7 Å². The first-order valence-electron chi connectivity index (χ1n) is 9.06. The fourth-order valence-electron chi connectivity index (χ4n) is 2.21. The van der Waals surface area contributed by atoms with Crippen LogP contribution in [0.5, 0.6) is 5.75 Å². The lowest BCUT2D eigenvalue weighted by Gasteiger charge is -2.24. The van der Waals surface area contributed by atoms with E-state index >= 15 is 0 Å². The van der Waals surface area contributed by atoms with Crippen molar-refractivity contribution in [3.63, 3.8) is 0 Å². The van der Waals surface area contributed by atoms with Crippen LogP contribution in [-0.2, 0) is 11.3 Å². The van der Waals surface area contributed by atoms with E-state index in [1.165, 1.54) is 0 Å². The average molecular weight is 488 g/mol. The summed E-state index contributed by atoms with van der Waals surface area (Å²) in [4.78, 5) is 16.7. The van der Waals surface area contributed by atoms with Gasteiger partial charge in [-0.15, -0.1) is 24.0 Å². The van der Waals surface area contributed by atoms with E-state index in [-0.39, 0.29) is 29.9 Å². The standard InChI is InChI=1S/C20H32N4O2.HI/c1-6-13-26-17-12-10-9-11-16(17)14-23-19(22-8-3)24-15-20(4,5)18(25)21-7-2;/h6,9-12H,1,7-8,13-15H2,2-5H3,(H,21,25)(H2,22,23,24);1H. The number of carbonyl (C=O) groups is 1. The molecule has 0 atom stereocenters. The highest BCUT2D eigenvalue weighted by molar-refractivity contribution is 14.0. The minimum absolute atomic E-state index is 0. The first kappa shape index (κ1) is 25.2. The molecule has 0 fully saturated rings. The number of nitrogens with one attached hydrogen (secondary N) is 3. The number of guanidine groups is 1. The number of carbonyl (C=O) groups excluding carboxylic acids is 1. The summed E-state index contributed by atoms with van der Waals surface area (Å²) in [6, 6.07) is 7.81. The van der Waals surface area contributed by atoms with E-state index in [9.17, 15) is 4.79 Å². The van der Waals surface area contributed by atoms with Gasteiger partial charge in [0.25, 0.3) is 0 Å². The quantitative estimate of drug-likeness (QED) is 0.205. The highest BCUT2D eigenvalue weighted by Crippen LogP contribution is 2.19. The van der Waals surface area contributed by atoms with Gasteiger partial charge in [0.05, 0.1) is 12.0 Å². The van der Waals surface area contributed by atoms with Crippen molar-refractivity contribution in [2.75, 3.05) is 26.2 Å². The van der Waals surface area contributed by atoms with Crippen LogP contribution in [0, 0.1) is 5.41 Å². The second kappa shape index (κ2) is 13.4. The van der Waals surface area contributed by atoms with Crippen molar-refractivity contribution in [3.05, 3.63) is 42.5 Å². The third-order valence-corrected chi connectivity index (χ3v) is 3.73. The molecule has 0 aromatic heterocycles. The van der Waals surface area contributed by atoms with Gasteiger partial charge in [-0.25, -0.2) is 4.99 Å². The number of hydrogen-bond donors (Lipinski definition) is 3. The minimum Gasteiger partial charge on any atom is -0.489 e. The molecule has 0 heterocycles. The second-order valence-electron chi connectivity index (χ2n) is 6.50. The van der Waals surface area contributed by atoms with Crippen LogP contribution >= 0.6 is 24.0 Å². The van der Waals surface area contributed by atoms with Crippen molar-refractivity contribution in [3.8, 4) is 5.75 Å². The number of para-hydroxylation sites is 1. The van der Waals surface area contributed by atoms with E-state index in [1.807, 2.05) is 52.0 Å². The fourth-order valence-corrected chi connectivity index (χ4v) is 2.21. The summed E-state index contributed by atoms with van der Waals surface area (Å²) >= 11 is 0. The molecule has 0 aliphatic heterocycles. The smallest absolute Gasteiger partial charge is 0.227 e. The molecule has 0 radical (unpaired) electrons. The topological polar surface area (TPSA) is 74.8 Å². The number of benzene rings is 1. The molecule has 0 unspecified atom stereocenters. The normalized spacial score (nSPS) is 11.2. The third kappa shape index (κ3) is 9.12. The van der Waals surface area contributed by atoms with Gasteiger partial charge in [0.2, 0.25) is 5.91 Å². The fraction of sp³-hybridized carbons (Fsp3) is 0.500. The van der Waals surface area contributed by atoms with Gasteiger partial charge in [0, 0.05) is 25.2 Å². The Balaban J connectivity index is 0.00000676. The number of nitrogens with zero attached hydrogens (tertiary/aromatic N) is 1. The molecular weight excluding hydrogens is 455 g/mol. The van der Waals surface area contributed by atoms with E-state index in [2.05, 4.69) is 27.5 Å². The van der Waals surface area contributed by atoms with Gasteiger partial charge in [-0.2, -0.15) is 0 Å². The predicted octanol–water partition coefficient (Wildman–Crippen LogP) is 3.09. The molecule has 1 rings (SSSR count). The molecule has 7 heteroatoms. The summed E-state index contributed by atoms with van der Waals surface area (Å²) in [5, 5.41) is 9.33. The van der Waals surface area contributed by atoms with Gasteiger partial charge in [0.15, 0.2) is 5.96 Å². The SMILES string of the molecule is C=CCOc1ccccc1CN=C(NCC)NCC(C)(C)C(=O)NCC.I. The van der Waals surface area contributed by atoms with Crippen LogP contribution in [0.2, 0.25) is 0 Å². The Morgan fingerprint density at radius 3 is 2.48 bits per heavy atom. The number of rotatable bonds is 10. The zero-order chi connectivity index (χ0) is 19.4. The Hall–Kier alpha value is -1.77. The maximum atomic E-state index is 12.1. The summed E-state index contributed by atoms with van der Waals surface area (Å²) in [5.41, 5.74) is 0.464. The summed E-state index contributed by atoms with van der Waals surface area (Å²) in [6.07, 6.45) is 1.72. The van der Waals surface area contributed by atoms with Crippen molar-refractivity contribution < 1.29 is 9.53 Å². The first-order valence-corrected chi connectivity index (χ1v) is 9.06. The maximum Gasteiger partial charge on any atom is 0.227 e. The molecule has 0 aliphatic rings. The van der Waals surface area contributed by atoms with Crippen molar-refractivity contribution in [1.29, 1.82) is 0 Å². The molecule has 0 spiro atoms. The van der Waals surface area contributed by atoms with Gasteiger partial charge >= 0.3 is 0 Å². The molecule has 1 aromatic rings. The predicted molar refractivity (Wildman–Crippen MR) is 123 cm³/mol. The average Bonchev–Trinajstić information content (AvgIpc) is 2.63. The van der Waals surface area contributed by atoms with Gasteiger partial charge in [-0.1, -0.05) is 30.9 Å². The van der Waals surface area contributed by atoms with Crippen molar-refractivity contribution in [2.45, 2.75) is 34.2 Å². The molecule has 152 valence electrons. The van der Waals surface area contributed by atoms with E-state index in [1.54, 1.807) is 6.08 Å². The molecule has 3 N–H and O–H groups in total. The molecule has 0 saturated heterocycles. The lowest BCUT2D eigenvalue weighted by Crippen LogP contribution is -2.47. The van der Waals surface area contributed by atoms with Crippen LogP contribution in [0.4, 0.5) is 0 Å². The monoisotopic (exact) mass is 488 g/mol. The van der Waals surface area contributed by atoms with Gasteiger partial charge in [-0.05, 0) is 33.8 Å². The number of halogens is 1. The number of hydrogen-bond acceptors (Lipinski definition) is 3. The molecule has 1 aromatic carbocycles. The van der Waals surface area contributed by atoms with Crippen molar-refractivity contribution in [2.24, 2.45) is 10.4 Å². The van der Waals surface area contributed by atoms with Crippen LogP contribution in [0.1, 0.15) is 33.3 Å². The molecule has 0 aliphatic carbocycles.